The first-order valence-electron chi connectivity index (χ1n) is 12.9. The summed E-state index contributed by atoms with van der Waals surface area (Å²) in [5.74, 6) is 0.108. The molecule has 5 rings (SSSR count). The second-order valence-electron chi connectivity index (χ2n) is 10.1. The lowest BCUT2D eigenvalue weighted by Crippen LogP contribution is -2.56. The fraction of sp³-hybridized carbons (Fsp3) is 0.536. The van der Waals surface area contributed by atoms with E-state index >= 15 is 0 Å². The van der Waals surface area contributed by atoms with Crippen LogP contribution in [0.4, 0.5) is 0 Å². The van der Waals surface area contributed by atoms with Crippen molar-refractivity contribution in [2.75, 3.05) is 19.8 Å². The Morgan fingerprint density at radius 1 is 1.19 bits per heavy atom. The van der Waals surface area contributed by atoms with Gasteiger partial charge in [0.2, 0.25) is 0 Å². The van der Waals surface area contributed by atoms with E-state index in [1.165, 1.54) is 0 Å². The Labute approximate surface area is 222 Å². The van der Waals surface area contributed by atoms with Crippen LogP contribution in [-0.2, 0) is 21.6 Å². The molecule has 2 bridgehead atoms. The zero-order chi connectivity index (χ0) is 26.6. The van der Waals surface area contributed by atoms with Crippen LogP contribution in [0.2, 0.25) is 5.02 Å². The number of ether oxygens (including phenoxy) is 2. The summed E-state index contributed by atoms with van der Waals surface area (Å²) < 4.78 is 11.8. The van der Waals surface area contributed by atoms with Crippen LogP contribution < -0.4 is 10.1 Å². The van der Waals surface area contributed by atoms with Crippen molar-refractivity contribution in [1.82, 2.24) is 5.32 Å². The summed E-state index contributed by atoms with van der Waals surface area (Å²) in [6.45, 7) is 3.26. The molecule has 3 aliphatic heterocycles. The molecule has 0 aromatic heterocycles. The molecule has 3 saturated heterocycles. The second kappa shape index (κ2) is 11.7. The van der Waals surface area contributed by atoms with Crippen molar-refractivity contribution >= 4 is 17.6 Å². The summed E-state index contributed by atoms with van der Waals surface area (Å²) >= 11 is 6.47. The minimum Gasteiger partial charge on any atom is -0.494 e. The molecule has 0 saturated carbocycles. The van der Waals surface area contributed by atoms with E-state index in [1.54, 1.807) is 0 Å². The Balaban J connectivity index is 0.000000342. The Hall–Kier alpha value is -2.20. The first-order chi connectivity index (χ1) is 17.7. The Kier molecular flexibility index (Phi) is 8.78. The molecule has 2 aromatic carbocycles. The molecule has 2 aromatic rings. The van der Waals surface area contributed by atoms with Crippen LogP contribution in [0, 0.1) is 0 Å². The molecule has 9 heteroatoms. The molecule has 202 valence electrons. The molecule has 8 nitrogen and oxygen atoms in total. The first-order valence-corrected chi connectivity index (χ1v) is 13.2. The van der Waals surface area contributed by atoms with Crippen LogP contribution in [0.25, 0.3) is 0 Å². The molecule has 2 unspecified atom stereocenters. The van der Waals surface area contributed by atoms with E-state index in [9.17, 15) is 20.1 Å². The lowest BCUT2D eigenvalue weighted by atomic mass is 9.81. The van der Waals surface area contributed by atoms with Crippen LogP contribution in [0.15, 0.2) is 42.5 Å². The van der Waals surface area contributed by atoms with E-state index < -0.39 is 29.4 Å². The largest absolute Gasteiger partial charge is 0.494 e. The number of rotatable bonds is 7. The van der Waals surface area contributed by atoms with Gasteiger partial charge in [-0.2, -0.15) is 0 Å². The summed E-state index contributed by atoms with van der Waals surface area (Å²) in [5.41, 5.74) is 0.960. The minimum absolute atomic E-state index is 0.175. The van der Waals surface area contributed by atoms with Gasteiger partial charge < -0.3 is 35.2 Å². The average Bonchev–Trinajstić information content (AvgIpc) is 3.55. The Morgan fingerprint density at radius 2 is 1.95 bits per heavy atom. The first kappa shape index (κ1) is 27.8. The van der Waals surface area contributed by atoms with Crippen molar-refractivity contribution in [3.05, 3.63) is 64.2 Å². The molecule has 3 aliphatic rings. The summed E-state index contributed by atoms with van der Waals surface area (Å²) in [7, 11) is 0. The maximum absolute atomic E-state index is 10.8. The van der Waals surface area contributed by atoms with E-state index in [2.05, 4.69) is 5.32 Å². The van der Waals surface area contributed by atoms with Crippen molar-refractivity contribution in [3.8, 4) is 5.75 Å². The van der Waals surface area contributed by atoms with Gasteiger partial charge in [-0.05, 0) is 80.5 Å². The highest BCUT2D eigenvalue weighted by molar-refractivity contribution is 6.31. The third-order valence-electron chi connectivity index (χ3n) is 7.58. The minimum atomic E-state index is -1.05. The van der Waals surface area contributed by atoms with E-state index in [4.69, 9.17) is 26.2 Å². The van der Waals surface area contributed by atoms with E-state index in [-0.39, 0.29) is 19.1 Å². The summed E-state index contributed by atoms with van der Waals surface area (Å²) in [6, 6.07) is 13.2. The van der Waals surface area contributed by atoms with Gasteiger partial charge in [-0.25, -0.2) is 0 Å². The number of aliphatic carboxylic acids is 1. The number of aliphatic hydroxyl groups is 3. The maximum Gasteiger partial charge on any atom is 0.320 e. The Bertz CT molecular complexity index is 1070. The Morgan fingerprint density at radius 3 is 2.54 bits per heavy atom. The third kappa shape index (κ3) is 5.95. The van der Waals surface area contributed by atoms with Gasteiger partial charge in [-0.1, -0.05) is 35.9 Å². The molecule has 0 aliphatic carbocycles. The predicted octanol–water partition coefficient (Wildman–Crippen LogP) is 3.01. The van der Waals surface area contributed by atoms with Gasteiger partial charge in [-0.3, -0.25) is 4.79 Å². The molecular weight excluding hydrogens is 498 g/mol. The lowest BCUT2D eigenvalue weighted by Gasteiger charge is -2.45. The number of halogens is 1. The van der Waals surface area contributed by atoms with Crippen molar-refractivity contribution in [2.24, 2.45) is 0 Å². The van der Waals surface area contributed by atoms with Crippen molar-refractivity contribution < 1.29 is 34.7 Å². The zero-order valence-corrected chi connectivity index (χ0v) is 21.8. The molecule has 0 radical (unpaired) electrons. The van der Waals surface area contributed by atoms with Gasteiger partial charge >= 0.3 is 5.97 Å². The highest BCUT2D eigenvalue weighted by Crippen LogP contribution is 2.53. The number of benzene rings is 2. The normalized spacial score (nSPS) is 30.5. The molecule has 0 spiro atoms. The fourth-order valence-electron chi connectivity index (χ4n) is 5.57. The number of fused-ring (bicyclic) bond motifs is 2. The number of aliphatic hydroxyl groups excluding tert-OH is 3. The number of carboxylic acid groups (broad SMARTS) is 1. The highest BCUT2D eigenvalue weighted by atomic mass is 35.5. The van der Waals surface area contributed by atoms with Gasteiger partial charge in [-0.15, -0.1) is 0 Å². The third-order valence-corrected chi connectivity index (χ3v) is 7.95. The van der Waals surface area contributed by atoms with Crippen LogP contribution >= 0.6 is 11.6 Å². The molecule has 3 heterocycles. The van der Waals surface area contributed by atoms with Gasteiger partial charge in [0.1, 0.15) is 23.5 Å². The van der Waals surface area contributed by atoms with E-state index in [0.29, 0.717) is 30.9 Å². The van der Waals surface area contributed by atoms with Gasteiger partial charge in [0.05, 0.1) is 24.9 Å². The molecule has 0 amide bonds. The average molecular weight is 534 g/mol. The zero-order valence-electron chi connectivity index (χ0n) is 21.0. The van der Waals surface area contributed by atoms with Crippen LogP contribution in [-0.4, -0.2) is 70.0 Å². The number of hydrogen-bond acceptors (Lipinski definition) is 7. The monoisotopic (exact) mass is 533 g/mol. The molecule has 3 fully saturated rings. The number of carbonyl (C=O) groups is 1. The van der Waals surface area contributed by atoms with Crippen LogP contribution in [0.5, 0.6) is 5.75 Å². The number of carboxylic acids is 1. The summed E-state index contributed by atoms with van der Waals surface area (Å²) in [5, 5.41) is 42.9. The maximum atomic E-state index is 10.8. The second-order valence-corrected chi connectivity index (χ2v) is 10.5. The summed E-state index contributed by atoms with van der Waals surface area (Å²) in [4.78, 5) is 10.1. The van der Waals surface area contributed by atoms with Gasteiger partial charge in [0.15, 0.2) is 0 Å². The smallest absolute Gasteiger partial charge is 0.320 e. The van der Waals surface area contributed by atoms with Crippen molar-refractivity contribution in [2.45, 2.75) is 74.9 Å². The van der Waals surface area contributed by atoms with Gasteiger partial charge in [0.25, 0.3) is 0 Å². The number of hydrogen-bond donors (Lipinski definition) is 5. The highest BCUT2D eigenvalue weighted by Gasteiger charge is 2.60. The lowest BCUT2D eigenvalue weighted by molar-refractivity contribution is -0.245. The van der Waals surface area contributed by atoms with Gasteiger partial charge in [0, 0.05) is 11.4 Å². The van der Waals surface area contributed by atoms with E-state index in [1.807, 2.05) is 49.4 Å². The standard InChI is InChI=1S/C23H27ClO5.C5H9NO2/c1-2-28-18-6-3-15(4-7-18)11-16-12-17(5-8-19(16)24)23-10-9-22(14-25,29-23)13-20(26)21(23)27;7-5(8)4-2-1-3-6-4/h3-8,12,20-21,25-27H,2,9-11,13-14H2,1H3;4,6H,1-3H2,(H,7,8)/t20?,21-,22+,23+;/m1./s1. The van der Waals surface area contributed by atoms with E-state index in [0.717, 1.165) is 41.8 Å². The fourth-order valence-corrected chi connectivity index (χ4v) is 5.75. The van der Waals surface area contributed by atoms with Crippen LogP contribution in [0.1, 0.15) is 55.7 Å². The molecular formula is C28H36ClNO7. The predicted molar refractivity (Wildman–Crippen MR) is 139 cm³/mol. The summed E-state index contributed by atoms with van der Waals surface area (Å²) in [6.07, 6.45) is 1.78. The quantitative estimate of drug-likeness (QED) is 0.367. The molecule has 5 atom stereocenters. The van der Waals surface area contributed by atoms with Crippen molar-refractivity contribution in [3.63, 3.8) is 0 Å². The molecule has 37 heavy (non-hydrogen) atoms. The number of nitrogens with one attached hydrogen (secondary N) is 1. The van der Waals surface area contributed by atoms with Crippen LogP contribution in [0.3, 0.4) is 0 Å². The van der Waals surface area contributed by atoms with Crippen molar-refractivity contribution in [1.29, 1.82) is 0 Å². The SMILES string of the molecule is CCOc1ccc(Cc2cc([C@@]34CC[C@@](CO)(CC(O)[C@H]3O)O4)ccc2Cl)cc1.O=C(O)C1CCCN1. The topological polar surface area (TPSA) is 128 Å². The molecule has 5 N–H and O–H groups in total.